The topological polar surface area (TPSA) is 84.9 Å². The van der Waals surface area contributed by atoms with Gasteiger partial charge < -0.3 is 19.9 Å². The summed E-state index contributed by atoms with van der Waals surface area (Å²) in [4.78, 5) is 24.2. The molecule has 24 heavy (non-hydrogen) atoms. The molecule has 2 rings (SSSR count). The van der Waals surface area contributed by atoms with Crippen molar-refractivity contribution in [3.8, 4) is 11.5 Å². The summed E-state index contributed by atoms with van der Waals surface area (Å²) >= 11 is 1.32. The van der Waals surface area contributed by atoms with Crippen LogP contribution in [0.1, 0.15) is 33.3 Å². The molecule has 2 N–H and O–H groups in total. The van der Waals surface area contributed by atoms with Gasteiger partial charge in [0.1, 0.15) is 0 Å². The quantitative estimate of drug-likeness (QED) is 0.803. The highest BCUT2D eigenvalue weighted by Crippen LogP contribution is 2.31. The smallest absolute Gasteiger partial charge is 0.305 e. The van der Waals surface area contributed by atoms with Crippen molar-refractivity contribution in [3.63, 3.8) is 0 Å². The lowest BCUT2D eigenvalue weighted by atomic mass is 10.0. The van der Waals surface area contributed by atoms with Gasteiger partial charge in [-0.15, -0.1) is 11.3 Å². The zero-order chi connectivity index (χ0) is 17.7. The number of aliphatic carboxylic acids is 1. The van der Waals surface area contributed by atoms with Crippen molar-refractivity contribution in [3.05, 3.63) is 45.6 Å². The maximum Gasteiger partial charge on any atom is 0.305 e. The van der Waals surface area contributed by atoms with Crippen LogP contribution in [0.15, 0.2) is 29.6 Å². The number of benzene rings is 1. The van der Waals surface area contributed by atoms with Crippen LogP contribution >= 0.6 is 11.3 Å². The van der Waals surface area contributed by atoms with Gasteiger partial charge in [-0.2, -0.15) is 0 Å². The molecule has 1 amide bonds. The first kappa shape index (κ1) is 17.8. The summed E-state index contributed by atoms with van der Waals surface area (Å²) in [7, 11) is 3.02. The van der Waals surface area contributed by atoms with Crippen LogP contribution in [0.4, 0.5) is 0 Å². The van der Waals surface area contributed by atoms with Crippen LogP contribution in [0.3, 0.4) is 0 Å². The first-order valence-electron chi connectivity index (χ1n) is 7.25. The fourth-order valence-corrected chi connectivity index (χ4v) is 3.15. The lowest BCUT2D eigenvalue weighted by Crippen LogP contribution is -2.30. The molecule has 0 radical (unpaired) electrons. The second-order valence-corrected chi connectivity index (χ2v) is 6.09. The summed E-state index contributed by atoms with van der Waals surface area (Å²) < 4.78 is 10.4. The molecule has 128 valence electrons. The van der Waals surface area contributed by atoms with Gasteiger partial charge >= 0.3 is 5.97 Å². The third kappa shape index (κ3) is 4.05. The molecular weight excluding hydrogens is 330 g/mol. The summed E-state index contributed by atoms with van der Waals surface area (Å²) in [5.74, 6) is -0.274. The predicted molar refractivity (Wildman–Crippen MR) is 91.1 cm³/mol. The number of carboxylic acid groups (broad SMARTS) is 1. The van der Waals surface area contributed by atoms with Gasteiger partial charge in [0.05, 0.1) is 31.6 Å². The number of carbonyl (C=O) groups is 2. The number of ether oxygens (including phenoxy) is 2. The highest BCUT2D eigenvalue weighted by molar-refractivity contribution is 7.12. The Balaban J connectivity index is 2.30. The highest BCUT2D eigenvalue weighted by Gasteiger charge is 2.21. The SMILES string of the molecule is COc1ccc(C(CC(=O)O)NC(=O)c2sccc2C)cc1OC. The third-order valence-electron chi connectivity index (χ3n) is 3.56. The monoisotopic (exact) mass is 349 g/mol. The Morgan fingerprint density at radius 1 is 1.21 bits per heavy atom. The molecular formula is C17H19NO5S. The molecule has 0 aliphatic rings. The Hall–Kier alpha value is -2.54. The molecule has 0 bridgehead atoms. The van der Waals surface area contributed by atoms with E-state index in [0.717, 1.165) is 5.56 Å². The minimum Gasteiger partial charge on any atom is -0.493 e. The number of hydrogen-bond donors (Lipinski definition) is 2. The normalized spacial score (nSPS) is 11.6. The number of nitrogens with one attached hydrogen (secondary N) is 1. The van der Waals surface area contributed by atoms with E-state index in [-0.39, 0.29) is 12.3 Å². The first-order valence-corrected chi connectivity index (χ1v) is 8.13. The van der Waals surface area contributed by atoms with E-state index in [4.69, 9.17) is 14.6 Å². The van der Waals surface area contributed by atoms with Crippen LogP contribution in [0.5, 0.6) is 11.5 Å². The lowest BCUT2D eigenvalue weighted by Gasteiger charge is -2.19. The van der Waals surface area contributed by atoms with Gasteiger partial charge in [-0.3, -0.25) is 9.59 Å². The average Bonchev–Trinajstić information content (AvgIpc) is 2.99. The number of carboxylic acids is 1. The molecule has 0 fully saturated rings. The number of carbonyl (C=O) groups excluding carboxylic acids is 1. The molecule has 2 aromatic rings. The number of rotatable bonds is 7. The summed E-state index contributed by atoms with van der Waals surface area (Å²) in [6, 6.07) is 6.26. The summed E-state index contributed by atoms with van der Waals surface area (Å²) in [5.41, 5.74) is 1.50. The van der Waals surface area contributed by atoms with E-state index in [2.05, 4.69) is 5.32 Å². The molecule has 1 atom stereocenters. The van der Waals surface area contributed by atoms with E-state index in [1.54, 1.807) is 18.2 Å². The van der Waals surface area contributed by atoms with Crippen LogP contribution in [-0.4, -0.2) is 31.2 Å². The number of amides is 1. The van der Waals surface area contributed by atoms with Crippen molar-refractivity contribution in [2.75, 3.05) is 14.2 Å². The predicted octanol–water partition coefficient (Wildman–Crippen LogP) is 3.02. The number of methoxy groups -OCH3 is 2. The molecule has 1 heterocycles. The zero-order valence-corrected chi connectivity index (χ0v) is 14.5. The molecule has 0 saturated carbocycles. The number of hydrogen-bond acceptors (Lipinski definition) is 5. The van der Waals surface area contributed by atoms with E-state index in [1.807, 2.05) is 18.4 Å². The Morgan fingerprint density at radius 3 is 2.46 bits per heavy atom. The van der Waals surface area contributed by atoms with Crippen molar-refractivity contribution < 1.29 is 24.2 Å². The van der Waals surface area contributed by atoms with Gasteiger partial charge in [0.2, 0.25) is 0 Å². The van der Waals surface area contributed by atoms with Crippen LogP contribution < -0.4 is 14.8 Å². The fourth-order valence-electron chi connectivity index (χ4n) is 2.33. The molecule has 0 spiro atoms. The largest absolute Gasteiger partial charge is 0.493 e. The van der Waals surface area contributed by atoms with Gasteiger partial charge in [0.25, 0.3) is 5.91 Å². The van der Waals surface area contributed by atoms with Crippen molar-refractivity contribution in [1.82, 2.24) is 5.32 Å². The van der Waals surface area contributed by atoms with Gasteiger partial charge in [0, 0.05) is 0 Å². The number of thiophene rings is 1. The zero-order valence-electron chi connectivity index (χ0n) is 13.7. The molecule has 1 aromatic heterocycles. The second kappa shape index (κ2) is 7.83. The maximum absolute atomic E-state index is 12.4. The molecule has 6 nitrogen and oxygen atoms in total. The van der Waals surface area contributed by atoms with Crippen LogP contribution in [-0.2, 0) is 4.79 Å². The van der Waals surface area contributed by atoms with Gasteiger partial charge in [-0.05, 0) is 41.6 Å². The highest BCUT2D eigenvalue weighted by atomic mass is 32.1. The van der Waals surface area contributed by atoms with Gasteiger partial charge in [0.15, 0.2) is 11.5 Å². The molecule has 0 saturated heterocycles. The standard InChI is InChI=1S/C17H19NO5S/c1-10-6-7-24-16(10)17(21)18-12(9-15(19)20)11-4-5-13(22-2)14(8-11)23-3/h4-8,12H,9H2,1-3H3,(H,18,21)(H,19,20). The van der Waals surface area contributed by atoms with Crippen molar-refractivity contribution >= 4 is 23.2 Å². The summed E-state index contributed by atoms with van der Waals surface area (Å²) in [6.45, 7) is 1.84. The van der Waals surface area contributed by atoms with Gasteiger partial charge in [-0.25, -0.2) is 0 Å². The molecule has 1 unspecified atom stereocenters. The van der Waals surface area contributed by atoms with Crippen molar-refractivity contribution in [2.24, 2.45) is 0 Å². The average molecular weight is 349 g/mol. The van der Waals surface area contributed by atoms with E-state index in [1.165, 1.54) is 25.6 Å². The minimum absolute atomic E-state index is 0.231. The Kier molecular flexibility index (Phi) is 5.81. The van der Waals surface area contributed by atoms with Crippen LogP contribution in [0.25, 0.3) is 0 Å². The maximum atomic E-state index is 12.4. The van der Waals surface area contributed by atoms with Crippen LogP contribution in [0.2, 0.25) is 0 Å². The molecule has 0 aliphatic heterocycles. The first-order chi connectivity index (χ1) is 11.5. The van der Waals surface area contributed by atoms with E-state index >= 15 is 0 Å². The van der Waals surface area contributed by atoms with Crippen molar-refractivity contribution in [2.45, 2.75) is 19.4 Å². The van der Waals surface area contributed by atoms with E-state index in [9.17, 15) is 9.59 Å². The summed E-state index contributed by atoms with van der Waals surface area (Å²) in [6.07, 6.45) is -0.231. The number of aryl methyl sites for hydroxylation is 1. The lowest BCUT2D eigenvalue weighted by molar-refractivity contribution is -0.137. The third-order valence-corrected chi connectivity index (χ3v) is 4.58. The molecule has 7 heteroatoms. The van der Waals surface area contributed by atoms with Gasteiger partial charge in [-0.1, -0.05) is 6.07 Å². The van der Waals surface area contributed by atoms with Crippen molar-refractivity contribution in [1.29, 1.82) is 0 Å². The Morgan fingerprint density at radius 2 is 1.92 bits per heavy atom. The molecule has 0 aliphatic carbocycles. The minimum atomic E-state index is -1.00. The Bertz CT molecular complexity index is 740. The second-order valence-electron chi connectivity index (χ2n) is 5.17. The van der Waals surface area contributed by atoms with Crippen LogP contribution in [0, 0.1) is 6.92 Å². The fraction of sp³-hybridized carbons (Fsp3) is 0.294. The summed E-state index contributed by atoms with van der Waals surface area (Å²) in [5, 5.41) is 13.8. The van der Waals surface area contributed by atoms with E-state index < -0.39 is 12.0 Å². The molecule has 1 aromatic carbocycles. The Labute approximate surface area is 144 Å². The van der Waals surface area contributed by atoms with E-state index in [0.29, 0.717) is 21.9 Å².